The maximum atomic E-state index is 10.5. The van der Waals surface area contributed by atoms with Crippen LogP contribution in [-0.4, -0.2) is 32.1 Å². The lowest BCUT2D eigenvalue weighted by Crippen LogP contribution is -2.36. The van der Waals surface area contributed by atoms with Crippen LogP contribution < -0.4 is 4.90 Å². The minimum atomic E-state index is 0.377. The van der Waals surface area contributed by atoms with Crippen molar-refractivity contribution in [1.82, 2.24) is 0 Å². The summed E-state index contributed by atoms with van der Waals surface area (Å²) in [6.45, 7) is 4.66. The van der Waals surface area contributed by atoms with E-state index in [1.54, 1.807) is 6.07 Å². The minimum Gasteiger partial charge on any atom is -0.438 e. The topological polar surface area (TPSA) is 42.7 Å². The molecule has 1 aromatic heterocycles. The number of hydrogen-bond donors (Lipinski definition) is 0. The number of carbonyl (C=O) groups excluding carboxylic acids is 1. The molecule has 0 saturated carbocycles. The van der Waals surface area contributed by atoms with E-state index < -0.39 is 0 Å². The van der Waals surface area contributed by atoms with E-state index in [0.29, 0.717) is 11.9 Å². The van der Waals surface area contributed by atoms with Gasteiger partial charge in [0.1, 0.15) is 0 Å². The van der Waals surface area contributed by atoms with Crippen molar-refractivity contribution < 1.29 is 13.9 Å². The predicted molar refractivity (Wildman–Crippen MR) is 61.0 cm³/mol. The van der Waals surface area contributed by atoms with Gasteiger partial charge in [0, 0.05) is 25.8 Å². The van der Waals surface area contributed by atoms with Crippen LogP contribution >= 0.6 is 0 Å². The smallest absolute Gasteiger partial charge is 0.196 e. The quantitative estimate of drug-likeness (QED) is 0.733. The molecular formula is C12H17NO3. The van der Waals surface area contributed by atoms with Gasteiger partial charge in [0.2, 0.25) is 0 Å². The Kier molecular flexibility index (Phi) is 3.62. The molecule has 0 amide bonds. The molecule has 0 unspecified atom stereocenters. The van der Waals surface area contributed by atoms with Gasteiger partial charge >= 0.3 is 0 Å². The van der Waals surface area contributed by atoms with E-state index in [4.69, 9.17) is 9.15 Å². The van der Waals surface area contributed by atoms with Crippen LogP contribution in [0.3, 0.4) is 0 Å². The van der Waals surface area contributed by atoms with Crippen LogP contribution in [0.2, 0.25) is 0 Å². The SMILES string of the molecule is CCOC1CCN(c2ccc(C=O)o2)CC1. The molecule has 4 heteroatoms. The average molecular weight is 223 g/mol. The number of carbonyl (C=O) groups is 1. The van der Waals surface area contributed by atoms with Gasteiger partial charge in [-0.3, -0.25) is 4.79 Å². The number of rotatable bonds is 4. The Morgan fingerprint density at radius 2 is 2.25 bits per heavy atom. The summed E-state index contributed by atoms with van der Waals surface area (Å²) in [5.41, 5.74) is 0. The number of furan rings is 1. The molecule has 1 fully saturated rings. The first kappa shape index (κ1) is 11.2. The van der Waals surface area contributed by atoms with Gasteiger partial charge in [0.25, 0.3) is 0 Å². The van der Waals surface area contributed by atoms with E-state index in [2.05, 4.69) is 4.90 Å². The van der Waals surface area contributed by atoms with Crippen LogP contribution in [-0.2, 0) is 4.74 Å². The molecule has 0 atom stereocenters. The molecule has 0 aromatic carbocycles. The average Bonchev–Trinajstić information content (AvgIpc) is 2.79. The molecule has 16 heavy (non-hydrogen) atoms. The molecule has 0 bridgehead atoms. The van der Waals surface area contributed by atoms with E-state index in [1.165, 1.54) is 0 Å². The Balaban J connectivity index is 1.91. The Hall–Kier alpha value is -1.29. The fourth-order valence-electron chi connectivity index (χ4n) is 2.05. The van der Waals surface area contributed by atoms with Crippen molar-refractivity contribution in [2.45, 2.75) is 25.9 Å². The molecule has 4 nitrogen and oxygen atoms in total. The predicted octanol–water partition coefficient (Wildman–Crippen LogP) is 2.10. The third-order valence-electron chi connectivity index (χ3n) is 2.88. The number of hydrogen-bond acceptors (Lipinski definition) is 4. The Morgan fingerprint density at radius 3 is 2.81 bits per heavy atom. The fourth-order valence-corrected chi connectivity index (χ4v) is 2.05. The lowest BCUT2D eigenvalue weighted by Gasteiger charge is -2.31. The highest BCUT2D eigenvalue weighted by Gasteiger charge is 2.21. The largest absolute Gasteiger partial charge is 0.438 e. The highest BCUT2D eigenvalue weighted by molar-refractivity contribution is 5.71. The molecule has 2 rings (SSSR count). The monoisotopic (exact) mass is 223 g/mol. The summed E-state index contributed by atoms with van der Waals surface area (Å²) in [4.78, 5) is 12.7. The highest BCUT2D eigenvalue weighted by Crippen LogP contribution is 2.23. The summed E-state index contributed by atoms with van der Waals surface area (Å²) < 4.78 is 11.0. The summed E-state index contributed by atoms with van der Waals surface area (Å²) in [5.74, 6) is 1.18. The van der Waals surface area contributed by atoms with Crippen molar-refractivity contribution in [3.63, 3.8) is 0 Å². The summed E-state index contributed by atoms with van der Waals surface area (Å²) in [7, 11) is 0. The number of anilines is 1. The van der Waals surface area contributed by atoms with E-state index in [-0.39, 0.29) is 0 Å². The first-order valence-electron chi connectivity index (χ1n) is 5.75. The van der Waals surface area contributed by atoms with Crippen molar-refractivity contribution in [2.24, 2.45) is 0 Å². The van der Waals surface area contributed by atoms with E-state index >= 15 is 0 Å². The van der Waals surface area contributed by atoms with Crippen molar-refractivity contribution in [2.75, 3.05) is 24.6 Å². The van der Waals surface area contributed by atoms with E-state index in [1.807, 2.05) is 13.0 Å². The summed E-state index contributed by atoms with van der Waals surface area (Å²) in [6, 6.07) is 3.56. The Morgan fingerprint density at radius 1 is 1.50 bits per heavy atom. The summed E-state index contributed by atoms with van der Waals surface area (Å²) >= 11 is 0. The second-order valence-electron chi connectivity index (χ2n) is 3.94. The van der Waals surface area contributed by atoms with Crippen molar-refractivity contribution >= 4 is 12.2 Å². The lowest BCUT2D eigenvalue weighted by atomic mass is 10.1. The van der Waals surface area contributed by atoms with Gasteiger partial charge < -0.3 is 14.1 Å². The standard InChI is InChI=1S/C12H17NO3/c1-2-15-10-5-7-13(8-6-10)12-4-3-11(9-14)16-12/h3-4,9-10H,2,5-8H2,1H3. The van der Waals surface area contributed by atoms with E-state index in [0.717, 1.165) is 44.7 Å². The Labute approximate surface area is 95.2 Å². The number of aldehydes is 1. The molecule has 1 saturated heterocycles. The van der Waals surface area contributed by atoms with Crippen LogP contribution in [0.4, 0.5) is 5.88 Å². The third-order valence-corrected chi connectivity index (χ3v) is 2.88. The van der Waals surface area contributed by atoms with Crippen LogP contribution in [0, 0.1) is 0 Å². The first-order chi connectivity index (χ1) is 7.83. The molecule has 1 aromatic rings. The van der Waals surface area contributed by atoms with Gasteiger partial charge in [-0.2, -0.15) is 0 Å². The maximum absolute atomic E-state index is 10.5. The zero-order chi connectivity index (χ0) is 11.4. The maximum Gasteiger partial charge on any atom is 0.196 e. The third kappa shape index (κ3) is 2.44. The van der Waals surface area contributed by atoms with Gasteiger partial charge in [-0.15, -0.1) is 0 Å². The van der Waals surface area contributed by atoms with Crippen molar-refractivity contribution in [3.05, 3.63) is 17.9 Å². The molecule has 1 aliphatic heterocycles. The molecule has 1 aliphatic rings. The molecule has 0 N–H and O–H groups in total. The molecular weight excluding hydrogens is 206 g/mol. The molecule has 0 aliphatic carbocycles. The Bertz CT molecular complexity index is 340. The number of ether oxygens (including phenoxy) is 1. The van der Waals surface area contributed by atoms with Crippen LogP contribution in [0.15, 0.2) is 16.5 Å². The summed E-state index contributed by atoms with van der Waals surface area (Å²) in [6.07, 6.45) is 3.15. The molecule has 0 spiro atoms. The zero-order valence-corrected chi connectivity index (χ0v) is 9.52. The molecule has 2 heterocycles. The van der Waals surface area contributed by atoms with Crippen LogP contribution in [0.5, 0.6) is 0 Å². The van der Waals surface area contributed by atoms with Gasteiger partial charge in [-0.25, -0.2) is 0 Å². The second-order valence-corrected chi connectivity index (χ2v) is 3.94. The van der Waals surface area contributed by atoms with Crippen LogP contribution in [0.1, 0.15) is 30.3 Å². The summed E-state index contributed by atoms with van der Waals surface area (Å²) in [5, 5.41) is 0. The van der Waals surface area contributed by atoms with E-state index in [9.17, 15) is 4.79 Å². The highest BCUT2D eigenvalue weighted by atomic mass is 16.5. The number of piperidine rings is 1. The molecule has 88 valence electrons. The number of nitrogens with zero attached hydrogens (tertiary/aromatic N) is 1. The van der Waals surface area contributed by atoms with Gasteiger partial charge in [-0.1, -0.05) is 0 Å². The van der Waals surface area contributed by atoms with Crippen LogP contribution in [0.25, 0.3) is 0 Å². The zero-order valence-electron chi connectivity index (χ0n) is 9.52. The van der Waals surface area contributed by atoms with Crippen molar-refractivity contribution in [1.29, 1.82) is 0 Å². The first-order valence-corrected chi connectivity index (χ1v) is 5.75. The second kappa shape index (κ2) is 5.16. The van der Waals surface area contributed by atoms with Gasteiger partial charge in [0.05, 0.1) is 6.10 Å². The minimum absolute atomic E-state index is 0.377. The fraction of sp³-hybridized carbons (Fsp3) is 0.583. The van der Waals surface area contributed by atoms with Crippen molar-refractivity contribution in [3.8, 4) is 0 Å². The molecule has 0 radical (unpaired) electrons. The normalized spacial score (nSPS) is 17.7. The lowest BCUT2D eigenvalue weighted by molar-refractivity contribution is 0.0454. The van der Waals surface area contributed by atoms with Gasteiger partial charge in [-0.05, 0) is 25.8 Å². The van der Waals surface area contributed by atoms with Gasteiger partial charge in [0.15, 0.2) is 17.9 Å².